The van der Waals surface area contributed by atoms with Crippen molar-refractivity contribution >= 4 is 0 Å². The first kappa shape index (κ1) is 12.6. The van der Waals surface area contributed by atoms with Crippen LogP contribution in [0.25, 0.3) is 0 Å². The van der Waals surface area contributed by atoms with Crippen LogP contribution < -0.4 is 5.32 Å². The molecule has 2 saturated carbocycles. The Hall–Kier alpha value is -0.120. The normalized spacial score (nSPS) is 39.2. The molecule has 4 fully saturated rings. The van der Waals surface area contributed by atoms with E-state index in [9.17, 15) is 0 Å². The molecule has 0 amide bonds. The van der Waals surface area contributed by atoms with Gasteiger partial charge in [-0.05, 0) is 37.5 Å². The third-order valence-electron chi connectivity index (χ3n) is 6.12. The summed E-state index contributed by atoms with van der Waals surface area (Å²) >= 11 is 0. The number of nitrogens with zero attached hydrogens (tertiary/aromatic N) is 2. The smallest absolute Gasteiger partial charge is 0.0346 e. The Morgan fingerprint density at radius 2 is 1.37 bits per heavy atom. The third kappa shape index (κ3) is 2.70. The molecule has 0 radical (unpaired) electrons. The van der Waals surface area contributed by atoms with Crippen LogP contribution >= 0.6 is 0 Å². The SMILES string of the molecule is C1CC(C2CC2)CC(N2CCN(C3CNC3)CC2)C1. The zero-order valence-electron chi connectivity index (χ0n) is 12.2. The van der Waals surface area contributed by atoms with E-state index in [-0.39, 0.29) is 0 Å². The Morgan fingerprint density at radius 3 is 1.95 bits per heavy atom. The van der Waals surface area contributed by atoms with Crippen molar-refractivity contribution in [1.29, 1.82) is 0 Å². The van der Waals surface area contributed by atoms with Gasteiger partial charge >= 0.3 is 0 Å². The van der Waals surface area contributed by atoms with Crippen LogP contribution in [0.3, 0.4) is 0 Å². The van der Waals surface area contributed by atoms with Crippen LogP contribution in [0, 0.1) is 11.8 Å². The molecule has 3 nitrogen and oxygen atoms in total. The average molecular weight is 263 g/mol. The molecule has 0 aromatic rings. The van der Waals surface area contributed by atoms with E-state index in [0.29, 0.717) is 0 Å². The molecular formula is C16H29N3. The monoisotopic (exact) mass is 263 g/mol. The highest BCUT2D eigenvalue weighted by atomic mass is 15.3. The fourth-order valence-corrected chi connectivity index (χ4v) is 4.53. The van der Waals surface area contributed by atoms with Crippen molar-refractivity contribution in [3.05, 3.63) is 0 Å². The predicted molar refractivity (Wildman–Crippen MR) is 78.3 cm³/mol. The van der Waals surface area contributed by atoms with Gasteiger partial charge in [-0.15, -0.1) is 0 Å². The van der Waals surface area contributed by atoms with Gasteiger partial charge in [-0.25, -0.2) is 0 Å². The third-order valence-corrected chi connectivity index (χ3v) is 6.12. The predicted octanol–water partition coefficient (Wildman–Crippen LogP) is 1.54. The maximum absolute atomic E-state index is 3.40. The zero-order valence-corrected chi connectivity index (χ0v) is 12.2. The molecule has 0 spiro atoms. The first-order valence-electron chi connectivity index (χ1n) is 8.59. The Balaban J connectivity index is 1.28. The van der Waals surface area contributed by atoms with Crippen LogP contribution in [0.2, 0.25) is 0 Å². The Morgan fingerprint density at radius 1 is 0.684 bits per heavy atom. The number of hydrogen-bond donors (Lipinski definition) is 1. The second-order valence-electron chi connectivity index (χ2n) is 7.30. The molecule has 2 unspecified atom stereocenters. The van der Waals surface area contributed by atoms with Gasteiger partial charge in [-0.3, -0.25) is 9.80 Å². The van der Waals surface area contributed by atoms with E-state index in [1.165, 1.54) is 65.0 Å². The zero-order chi connectivity index (χ0) is 12.7. The minimum absolute atomic E-state index is 0.854. The van der Waals surface area contributed by atoms with Crippen molar-refractivity contribution in [2.45, 2.75) is 50.6 Å². The quantitative estimate of drug-likeness (QED) is 0.833. The van der Waals surface area contributed by atoms with Crippen molar-refractivity contribution in [1.82, 2.24) is 15.1 Å². The summed E-state index contributed by atoms with van der Waals surface area (Å²) in [4.78, 5) is 5.55. The highest BCUT2D eigenvalue weighted by molar-refractivity contribution is 4.92. The highest BCUT2D eigenvalue weighted by Crippen LogP contribution is 2.44. The molecule has 4 aliphatic rings. The molecule has 108 valence electrons. The van der Waals surface area contributed by atoms with Gasteiger partial charge in [0, 0.05) is 51.4 Å². The second-order valence-corrected chi connectivity index (χ2v) is 7.30. The van der Waals surface area contributed by atoms with Crippen LogP contribution in [-0.4, -0.2) is 61.2 Å². The molecule has 2 atom stereocenters. The molecule has 4 rings (SSSR count). The minimum atomic E-state index is 0.854. The molecule has 3 heteroatoms. The summed E-state index contributed by atoms with van der Waals surface area (Å²) in [6, 6.07) is 1.79. The molecule has 2 aliphatic heterocycles. The number of rotatable bonds is 3. The number of piperazine rings is 1. The maximum atomic E-state index is 3.40. The summed E-state index contributed by atoms with van der Waals surface area (Å²) in [7, 11) is 0. The summed E-state index contributed by atoms with van der Waals surface area (Å²) < 4.78 is 0. The van der Waals surface area contributed by atoms with Gasteiger partial charge in [0.15, 0.2) is 0 Å². The van der Waals surface area contributed by atoms with E-state index in [4.69, 9.17) is 0 Å². The lowest BCUT2D eigenvalue weighted by Crippen LogP contribution is -2.62. The van der Waals surface area contributed by atoms with Gasteiger partial charge in [0.05, 0.1) is 0 Å². The molecule has 2 saturated heterocycles. The maximum Gasteiger partial charge on any atom is 0.0346 e. The summed E-state index contributed by atoms with van der Waals surface area (Å²) in [5.41, 5.74) is 0. The molecule has 1 N–H and O–H groups in total. The largest absolute Gasteiger partial charge is 0.314 e. The molecule has 2 aliphatic carbocycles. The van der Waals surface area contributed by atoms with Gasteiger partial charge in [0.25, 0.3) is 0 Å². The van der Waals surface area contributed by atoms with E-state index in [2.05, 4.69) is 15.1 Å². The summed E-state index contributed by atoms with van der Waals surface area (Å²) in [5, 5.41) is 3.40. The standard InChI is InChI=1S/C16H29N3/c1-2-14(13-4-5-13)10-15(3-1)18-6-8-19(9-7-18)16-11-17-12-16/h13-17H,1-12H2. The summed E-state index contributed by atoms with van der Waals surface area (Å²) in [6.45, 7) is 7.76. The highest BCUT2D eigenvalue weighted by Gasteiger charge is 2.37. The van der Waals surface area contributed by atoms with Crippen molar-refractivity contribution < 1.29 is 0 Å². The first-order valence-corrected chi connectivity index (χ1v) is 8.59. The van der Waals surface area contributed by atoms with Gasteiger partial charge in [0.2, 0.25) is 0 Å². The topological polar surface area (TPSA) is 18.5 Å². The lowest BCUT2D eigenvalue weighted by atomic mass is 9.82. The van der Waals surface area contributed by atoms with Crippen molar-refractivity contribution in [2.24, 2.45) is 11.8 Å². The molecule has 0 aromatic heterocycles. The van der Waals surface area contributed by atoms with E-state index < -0.39 is 0 Å². The molecule has 2 heterocycles. The van der Waals surface area contributed by atoms with Crippen LogP contribution in [0.15, 0.2) is 0 Å². The average Bonchev–Trinajstić information content (AvgIpc) is 3.22. The number of nitrogens with one attached hydrogen (secondary N) is 1. The first-order chi connectivity index (χ1) is 9.40. The number of hydrogen-bond acceptors (Lipinski definition) is 3. The van der Waals surface area contributed by atoms with E-state index in [1.54, 1.807) is 12.8 Å². The van der Waals surface area contributed by atoms with Crippen LogP contribution in [0.5, 0.6) is 0 Å². The Bertz CT molecular complexity index is 303. The van der Waals surface area contributed by atoms with E-state index in [1.807, 2.05) is 0 Å². The van der Waals surface area contributed by atoms with E-state index in [0.717, 1.165) is 23.9 Å². The molecule has 0 aromatic carbocycles. The minimum Gasteiger partial charge on any atom is -0.314 e. The summed E-state index contributed by atoms with van der Waals surface area (Å²) in [6.07, 6.45) is 9.12. The molecular weight excluding hydrogens is 234 g/mol. The van der Waals surface area contributed by atoms with Crippen LogP contribution in [-0.2, 0) is 0 Å². The van der Waals surface area contributed by atoms with Crippen molar-refractivity contribution in [3.8, 4) is 0 Å². The Kier molecular flexibility index (Phi) is 3.55. The van der Waals surface area contributed by atoms with Gasteiger partial charge in [0.1, 0.15) is 0 Å². The van der Waals surface area contributed by atoms with Gasteiger partial charge < -0.3 is 5.32 Å². The van der Waals surface area contributed by atoms with E-state index >= 15 is 0 Å². The van der Waals surface area contributed by atoms with Gasteiger partial charge in [-0.2, -0.15) is 0 Å². The molecule has 0 bridgehead atoms. The van der Waals surface area contributed by atoms with Crippen LogP contribution in [0.4, 0.5) is 0 Å². The summed E-state index contributed by atoms with van der Waals surface area (Å²) in [5.74, 6) is 2.22. The lowest BCUT2D eigenvalue weighted by Gasteiger charge is -2.46. The van der Waals surface area contributed by atoms with Crippen molar-refractivity contribution in [3.63, 3.8) is 0 Å². The molecule has 19 heavy (non-hydrogen) atoms. The van der Waals surface area contributed by atoms with Crippen molar-refractivity contribution in [2.75, 3.05) is 39.3 Å². The Labute approximate surface area is 117 Å². The van der Waals surface area contributed by atoms with Crippen LogP contribution in [0.1, 0.15) is 38.5 Å². The lowest BCUT2D eigenvalue weighted by molar-refractivity contribution is 0.0333. The van der Waals surface area contributed by atoms with Gasteiger partial charge in [-0.1, -0.05) is 12.8 Å². The second kappa shape index (κ2) is 5.34. The fraction of sp³-hybridized carbons (Fsp3) is 1.00. The fourth-order valence-electron chi connectivity index (χ4n) is 4.53.